The molecular formula is C14H18N2O2S. The summed E-state index contributed by atoms with van der Waals surface area (Å²) in [6.45, 7) is 0.0529. The molecule has 0 atom stereocenters. The van der Waals surface area contributed by atoms with Crippen molar-refractivity contribution in [3.05, 3.63) is 16.3 Å². The van der Waals surface area contributed by atoms with Gasteiger partial charge in [-0.2, -0.15) is 0 Å². The standard InChI is InChI=1S/C14H18N2O2S/c1-2-14(7-4-3-5-8-14)16-13(17)12-11(18-10-15)6-9-19-12/h1,6,9H,3-5,7-8,10,15H2,(H,16,17). The summed E-state index contributed by atoms with van der Waals surface area (Å²) in [7, 11) is 0. The van der Waals surface area contributed by atoms with Crippen LogP contribution in [0.4, 0.5) is 0 Å². The zero-order chi connectivity index (χ0) is 13.7. The summed E-state index contributed by atoms with van der Waals surface area (Å²) >= 11 is 1.33. The van der Waals surface area contributed by atoms with Crippen molar-refractivity contribution in [3.8, 4) is 18.1 Å². The maximum absolute atomic E-state index is 12.3. The van der Waals surface area contributed by atoms with Gasteiger partial charge < -0.3 is 10.1 Å². The summed E-state index contributed by atoms with van der Waals surface area (Å²) in [5.41, 5.74) is 4.84. The maximum Gasteiger partial charge on any atom is 0.266 e. The van der Waals surface area contributed by atoms with Gasteiger partial charge in [0.25, 0.3) is 5.91 Å². The second-order valence-corrected chi connectivity index (χ2v) is 5.58. The Labute approximate surface area is 117 Å². The SMILES string of the molecule is C#CC1(NC(=O)c2sccc2OCN)CCCCC1. The van der Waals surface area contributed by atoms with Gasteiger partial charge in [-0.3, -0.25) is 10.5 Å². The van der Waals surface area contributed by atoms with Crippen LogP contribution < -0.4 is 15.8 Å². The molecule has 0 spiro atoms. The monoisotopic (exact) mass is 278 g/mol. The number of nitrogens with one attached hydrogen (secondary N) is 1. The summed E-state index contributed by atoms with van der Waals surface area (Å²) in [6.07, 6.45) is 10.6. The summed E-state index contributed by atoms with van der Waals surface area (Å²) in [4.78, 5) is 12.8. The quantitative estimate of drug-likeness (QED) is 0.655. The van der Waals surface area contributed by atoms with E-state index in [1.54, 1.807) is 6.07 Å². The number of carbonyl (C=O) groups excluding carboxylic acids is 1. The van der Waals surface area contributed by atoms with Crippen molar-refractivity contribution < 1.29 is 9.53 Å². The maximum atomic E-state index is 12.3. The lowest BCUT2D eigenvalue weighted by atomic mass is 9.82. The lowest BCUT2D eigenvalue weighted by Crippen LogP contribution is -2.48. The highest BCUT2D eigenvalue weighted by atomic mass is 32.1. The lowest BCUT2D eigenvalue weighted by molar-refractivity contribution is 0.0904. The molecule has 1 saturated carbocycles. The molecule has 1 heterocycles. The number of carbonyl (C=O) groups is 1. The molecule has 1 aliphatic carbocycles. The summed E-state index contributed by atoms with van der Waals surface area (Å²) < 4.78 is 5.23. The average molecular weight is 278 g/mol. The second kappa shape index (κ2) is 6.09. The molecule has 5 heteroatoms. The molecule has 3 N–H and O–H groups in total. The first-order valence-corrected chi connectivity index (χ1v) is 7.29. The number of thiophene rings is 1. The molecule has 1 amide bonds. The van der Waals surface area contributed by atoms with E-state index >= 15 is 0 Å². The predicted molar refractivity (Wildman–Crippen MR) is 76.1 cm³/mol. The van der Waals surface area contributed by atoms with E-state index in [1.165, 1.54) is 17.8 Å². The Balaban J connectivity index is 2.11. The zero-order valence-corrected chi connectivity index (χ0v) is 11.6. The number of nitrogens with two attached hydrogens (primary N) is 1. The van der Waals surface area contributed by atoms with Crippen LogP contribution in [-0.2, 0) is 0 Å². The Morgan fingerprint density at radius 3 is 2.89 bits per heavy atom. The molecule has 4 nitrogen and oxygen atoms in total. The first-order chi connectivity index (χ1) is 9.21. The van der Waals surface area contributed by atoms with Crippen molar-refractivity contribution in [1.82, 2.24) is 5.32 Å². The van der Waals surface area contributed by atoms with Crippen LogP contribution in [0.5, 0.6) is 5.75 Å². The van der Waals surface area contributed by atoms with Gasteiger partial charge in [-0.05, 0) is 24.3 Å². The minimum absolute atomic E-state index is 0.0529. The van der Waals surface area contributed by atoms with E-state index in [9.17, 15) is 4.79 Å². The predicted octanol–water partition coefficient (Wildman–Crippen LogP) is 2.11. The van der Waals surface area contributed by atoms with Crippen LogP contribution in [0, 0.1) is 12.3 Å². The largest absolute Gasteiger partial charge is 0.477 e. The van der Waals surface area contributed by atoms with E-state index in [-0.39, 0.29) is 12.6 Å². The topological polar surface area (TPSA) is 64.3 Å². The number of rotatable bonds is 4. The highest BCUT2D eigenvalue weighted by molar-refractivity contribution is 7.12. The van der Waals surface area contributed by atoms with Crippen molar-refractivity contribution in [2.75, 3.05) is 6.73 Å². The van der Waals surface area contributed by atoms with E-state index in [0.29, 0.717) is 10.6 Å². The summed E-state index contributed by atoms with van der Waals surface area (Å²) in [5.74, 6) is 3.12. The molecule has 1 fully saturated rings. The highest BCUT2D eigenvalue weighted by Gasteiger charge is 2.32. The van der Waals surface area contributed by atoms with E-state index < -0.39 is 5.54 Å². The minimum Gasteiger partial charge on any atom is -0.477 e. The van der Waals surface area contributed by atoms with Gasteiger partial charge in [0, 0.05) is 0 Å². The van der Waals surface area contributed by atoms with Crippen LogP contribution in [0.3, 0.4) is 0 Å². The van der Waals surface area contributed by atoms with Crippen molar-refractivity contribution in [1.29, 1.82) is 0 Å². The zero-order valence-electron chi connectivity index (χ0n) is 10.8. The van der Waals surface area contributed by atoms with Gasteiger partial charge in [0.2, 0.25) is 0 Å². The number of amides is 1. The molecule has 102 valence electrons. The van der Waals surface area contributed by atoms with Crippen LogP contribution in [-0.4, -0.2) is 18.2 Å². The Morgan fingerprint density at radius 1 is 1.53 bits per heavy atom. The summed E-state index contributed by atoms with van der Waals surface area (Å²) in [6, 6.07) is 1.75. The number of terminal acetylenes is 1. The molecule has 0 aromatic carbocycles. The van der Waals surface area contributed by atoms with Gasteiger partial charge in [-0.15, -0.1) is 17.8 Å². The Hall–Kier alpha value is -1.51. The normalized spacial score (nSPS) is 17.5. The van der Waals surface area contributed by atoms with Crippen molar-refractivity contribution in [2.24, 2.45) is 5.73 Å². The fourth-order valence-electron chi connectivity index (χ4n) is 2.40. The molecule has 1 aromatic heterocycles. The van der Waals surface area contributed by atoms with E-state index in [2.05, 4.69) is 11.2 Å². The average Bonchev–Trinajstić information content (AvgIpc) is 2.88. The third-order valence-electron chi connectivity index (χ3n) is 3.41. The van der Waals surface area contributed by atoms with Gasteiger partial charge in [-0.1, -0.05) is 25.2 Å². The Morgan fingerprint density at radius 2 is 2.26 bits per heavy atom. The van der Waals surface area contributed by atoms with E-state index in [4.69, 9.17) is 16.9 Å². The van der Waals surface area contributed by atoms with Gasteiger partial charge in [0.1, 0.15) is 22.9 Å². The molecule has 0 unspecified atom stereocenters. The second-order valence-electron chi connectivity index (χ2n) is 4.67. The third kappa shape index (κ3) is 3.09. The van der Waals surface area contributed by atoms with Crippen molar-refractivity contribution in [3.63, 3.8) is 0 Å². The Kier molecular flexibility index (Phi) is 4.46. The van der Waals surface area contributed by atoms with Gasteiger partial charge in [0.15, 0.2) is 0 Å². The van der Waals surface area contributed by atoms with Crippen LogP contribution >= 0.6 is 11.3 Å². The van der Waals surface area contributed by atoms with Crippen molar-refractivity contribution >= 4 is 17.2 Å². The lowest BCUT2D eigenvalue weighted by Gasteiger charge is -2.33. The third-order valence-corrected chi connectivity index (χ3v) is 4.30. The molecule has 0 bridgehead atoms. The van der Waals surface area contributed by atoms with Crippen molar-refractivity contribution in [2.45, 2.75) is 37.6 Å². The van der Waals surface area contributed by atoms with E-state index in [1.807, 2.05) is 5.38 Å². The molecule has 2 rings (SSSR count). The molecule has 1 aromatic rings. The fourth-order valence-corrected chi connectivity index (χ4v) is 3.13. The molecule has 1 aliphatic rings. The van der Waals surface area contributed by atoms with Gasteiger partial charge in [0.05, 0.1) is 0 Å². The van der Waals surface area contributed by atoms with Gasteiger partial charge in [-0.25, -0.2) is 0 Å². The number of hydrogen-bond donors (Lipinski definition) is 2. The highest BCUT2D eigenvalue weighted by Crippen LogP contribution is 2.30. The van der Waals surface area contributed by atoms with Crippen LogP contribution in [0.25, 0.3) is 0 Å². The fraction of sp³-hybridized carbons (Fsp3) is 0.500. The first kappa shape index (κ1) is 13.9. The van der Waals surface area contributed by atoms with Crippen LogP contribution in [0.2, 0.25) is 0 Å². The molecule has 0 radical (unpaired) electrons. The number of ether oxygens (including phenoxy) is 1. The first-order valence-electron chi connectivity index (χ1n) is 6.41. The molecule has 19 heavy (non-hydrogen) atoms. The minimum atomic E-state index is -0.501. The molecule has 0 aliphatic heterocycles. The Bertz CT molecular complexity index is 484. The van der Waals surface area contributed by atoms with Gasteiger partial charge >= 0.3 is 0 Å². The van der Waals surface area contributed by atoms with Crippen LogP contribution in [0.15, 0.2) is 11.4 Å². The number of hydrogen-bond acceptors (Lipinski definition) is 4. The molecule has 0 saturated heterocycles. The summed E-state index contributed by atoms with van der Waals surface area (Å²) in [5, 5.41) is 4.81. The van der Waals surface area contributed by atoms with E-state index in [0.717, 1.165) is 25.7 Å². The molecular weight excluding hydrogens is 260 g/mol. The van der Waals surface area contributed by atoms with Crippen LogP contribution in [0.1, 0.15) is 41.8 Å². The smallest absolute Gasteiger partial charge is 0.266 e.